The van der Waals surface area contributed by atoms with E-state index in [1.165, 1.54) is 19.3 Å². The summed E-state index contributed by atoms with van der Waals surface area (Å²) in [6.07, 6.45) is 6.27. The van der Waals surface area contributed by atoms with Gasteiger partial charge in [0.2, 0.25) is 0 Å². The summed E-state index contributed by atoms with van der Waals surface area (Å²) in [5.41, 5.74) is 0.122. The van der Waals surface area contributed by atoms with Crippen LogP contribution in [0.1, 0.15) is 44.1 Å². The lowest BCUT2D eigenvalue weighted by Gasteiger charge is -2.38. The van der Waals surface area contributed by atoms with Crippen LogP contribution in [-0.2, 0) is 5.60 Å². The number of benzene rings is 1. The maximum Gasteiger partial charge on any atom is 0.0946 e. The summed E-state index contributed by atoms with van der Waals surface area (Å²) in [7, 11) is 0. The van der Waals surface area contributed by atoms with Crippen LogP contribution in [0.4, 0.5) is 0 Å². The van der Waals surface area contributed by atoms with E-state index >= 15 is 0 Å². The first kappa shape index (κ1) is 12.6. The lowest BCUT2D eigenvalue weighted by molar-refractivity contribution is -0.0560. The third-order valence-corrected chi connectivity index (χ3v) is 4.05. The molecule has 1 aliphatic carbocycles. The molecule has 0 heterocycles. The maximum absolute atomic E-state index is 10.9. The van der Waals surface area contributed by atoms with Crippen LogP contribution in [-0.4, -0.2) is 16.8 Å². The minimum absolute atomic E-state index is 0.0435. The van der Waals surface area contributed by atoms with Gasteiger partial charge in [0.1, 0.15) is 0 Å². The number of hydrogen-bond acceptors (Lipinski definition) is 2. The van der Waals surface area contributed by atoms with Crippen LogP contribution in [0.25, 0.3) is 0 Å². The first-order chi connectivity index (χ1) is 8.27. The highest BCUT2D eigenvalue weighted by molar-refractivity contribution is 5.23. The highest BCUT2D eigenvalue weighted by atomic mass is 16.3. The average Bonchev–Trinajstić information content (AvgIpc) is 2.41. The van der Waals surface area contributed by atoms with Gasteiger partial charge in [-0.3, -0.25) is 0 Å². The van der Waals surface area contributed by atoms with Crippen molar-refractivity contribution in [3.8, 4) is 0 Å². The van der Waals surface area contributed by atoms with E-state index in [0.717, 1.165) is 18.4 Å². The largest absolute Gasteiger partial charge is 0.396 e. The van der Waals surface area contributed by atoms with Crippen molar-refractivity contribution < 1.29 is 10.2 Å². The minimum Gasteiger partial charge on any atom is -0.396 e. The van der Waals surface area contributed by atoms with E-state index < -0.39 is 5.60 Å². The van der Waals surface area contributed by atoms with Gasteiger partial charge in [-0.25, -0.2) is 0 Å². The molecule has 0 saturated heterocycles. The Morgan fingerprint density at radius 1 is 1.06 bits per heavy atom. The van der Waals surface area contributed by atoms with Crippen molar-refractivity contribution in [1.82, 2.24) is 0 Å². The molecule has 0 aromatic heterocycles. The minimum atomic E-state index is -0.837. The predicted molar refractivity (Wildman–Crippen MR) is 68.6 cm³/mol. The Kier molecular flexibility index (Phi) is 4.19. The molecule has 2 heteroatoms. The average molecular weight is 234 g/mol. The van der Waals surface area contributed by atoms with Gasteiger partial charge < -0.3 is 10.2 Å². The second kappa shape index (κ2) is 5.65. The summed E-state index contributed by atoms with van der Waals surface area (Å²) in [4.78, 5) is 0. The molecule has 1 aromatic carbocycles. The van der Waals surface area contributed by atoms with Crippen LogP contribution in [0.5, 0.6) is 0 Å². The standard InChI is InChI=1S/C15H22O2/c16-12-11-15(17,13-7-3-1-4-8-13)14-9-5-2-6-10-14/h1,3-4,7-8,14,16-17H,2,5-6,9-12H2/t15-/m0/s1. The quantitative estimate of drug-likeness (QED) is 0.841. The van der Waals surface area contributed by atoms with Gasteiger partial charge in [0.05, 0.1) is 5.60 Å². The van der Waals surface area contributed by atoms with Crippen molar-refractivity contribution in [3.05, 3.63) is 35.9 Å². The SMILES string of the molecule is OCC[C@](O)(c1ccccc1)C1CCCCC1. The molecule has 1 fully saturated rings. The van der Waals surface area contributed by atoms with Crippen molar-refractivity contribution in [2.24, 2.45) is 5.92 Å². The van der Waals surface area contributed by atoms with Crippen LogP contribution in [0.15, 0.2) is 30.3 Å². The van der Waals surface area contributed by atoms with Crippen LogP contribution in [0.2, 0.25) is 0 Å². The van der Waals surface area contributed by atoms with E-state index in [1.807, 2.05) is 30.3 Å². The number of aliphatic hydroxyl groups excluding tert-OH is 1. The normalized spacial score (nSPS) is 21.1. The van der Waals surface area contributed by atoms with E-state index in [9.17, 15) is 10.2 Å². The predicted octanol–water partition coefficient (Wildman–Crippen LogP) is 2.84. The van der Waals surface area contributed by atoms with Crippen molar-refractivity contribution in [1.29, 1.82) is 0 Å². The summed E-state index contributed by atoms with van der Waals surface area (Å²) in [5.74, 6) is 0.297. The Balaban J connectivity index is 2.24. The highest BCUT2D eigenvalue weighted by Gasteiger charge is 2.38. The van der Waals surface area contributed by atoms with Crippen molar-refractivity contribution in [2.75, 3.05) is 6.61 Å². The molecule has 0 amide bonds. The van der Waals surface area contributed by atoms with Gasteiger partial charge in [0, 0.05) is 13.0 Å². The molecular weight excluding hydrogens is 212 g/mol. The number of rotatable bonds is 4. The fourth-order valence-corrected chi connectivity index (χ4v) is 3.06. The molecule has 1 atom stereocenters. The molecule has 1 aromatic rings. The van der Waals surface area contributed by atoms with Crippen LogP contribution in [0, 0.1) is 5.92 Å². The first-order valence-corrected chi connectivity index (χ1v) is 6.66. The zero-order valence-corrected chi connectivity index (χ0v) is 10.3. The van der Waals surface area contributed by atoms with Gasteiger partial charge in [-0.2, -0.15) is 0 Å². The molecule has 94 valence electrons. The molecule has 2 N–H and O–H groups in total. The number of hydrogen-bond donors (Lipinski definition) is 2. The fourth-order valence-electron chi connectivity index (χ4n) is 3.06. The summed E-state index contributed by atoms with van der Waals surface area (Å²) < 4.78 is 0. The Morgan fingerprint density at radius 3 is 2.29 bits per heavy atom. The highest BCUT2D eigenvalue weighted by Crippen LogP contribution is 2.41. The van der Waals surface area contributed by atoms with Crippen LogP contribution >= 0.6 is 0 Å². The van der Waals surface area contributed by atoms with Gasteiger partial charge in [-0.1, -0.05) is 49.6 Å². The van der Waals surface area contributed by atoms with Crippen LogP contribution < -0.4 is 0 Å². The maximum atomic E-state index is 10.9. The summed E-state index contributed by atoms with van der Waals surface area (Å²) in [5, 5.41) is 20.2. The number of aliphatic hydroxyl groups is 2. The van der Waals surface area contributed by atoms with Gasteiger partial charge in [-0.15, -0.1) is 0 Å². The molecule has 2 rings (SSSR count). The van der Waals surface area contributed by atoms with E-state index in [2.05, 4.69) is 0 Å². The zero-order valence-electron chi connectivity index (χ0n) is 10.3. The van der Waals surface area contributed by atoms with Crippen molar-refractivity contribution in [2.45, 2.75) is 44.1 Å². The Morgan fingerprint density at radius 2 is 1.71 bits per heavy atom. The molecule has 0 spiro atoms. The van der Waals surface area contributed by atoms with Gasteiger partial charge in [-0.05, 0) is 24.3 Å². The fraction of sp³-hybridized carbons (Fsp3) is 0.600. The van der Waals surface area contributed by atoms with E-state index in [4.69, 9.17) is 0 Å². The monoisotopic (exact) mass is 234 g/mol. The van der Waals surface area contributed by atoms with Gasteiger partial charge in [0.25, 0.3) is 0 Å². The third-order valence-electron chi connectivity index (χ3n) is 4.05. The molecule has 0 bridgehead atoms. The lowest BCUT2D eigenvalue weighted by Crippen LogP contribution is -2.37. The summed E-state index contributed by atoms with van der Waals surface area (Å²) in [6.45, 7) is 0.0435. The molecule has 2 nitrogen and oxygen atoms in total. The van der Waals surface area contributed by atoms with E-state index in [1.54, 1.807) is 0 Å². The topological polar surface area (TPSA) is 40.5 Å². The smallest absolute Gasteiger partial charge is 0.0946 e. The summed E-state index contributed by atoms with van der Waals surface area (Å²) in [6, 6.07) is 9.83. The van der Waals surface area contributed by atoms with E-state index in [0.29, 0.717) is 12.3 Å². The van der Waals surface area contributed by atoms with Gasteiger partial charge >= 0.3 is 0 Å². The van der Waals surface area contributed by atoms with Crippen molar-refractivity contribution in [3.63, 3.8) is 0 Å². The Hall–Kier alpha value is -0.860. The second-order valence-electron chi connectivity index (χ2n) is 5.10. The zero-order chi connectivity index (χ0) is 12.1. The summed E-state index contributed by atoms with van der Waals surface area (Å²) >= 11 is 0. The Labute approximate surface area is 103 Å². The van der Waals surface area contributed by atoms with Crippen molar-refractivity contribution >= 4 is 0 Å². The molecule has 0 unspecified atom stereocenters. The molecular formula is C15H22O2. The molecule has 1 saturated carbocycles. The first-order valence-electron chi connectivity index (χ1n) is 6.66. The Bertz CT molecular complexity index is 330. The van der Waals surface area contributed by atoms with Gasteiger partial charge in [0.15, 0.2) is 0 Å². The van der Waals surface area contributed by atoms with E-state index in [-0.39, 0.29) is 6.61 Å². The second-order valence-corrected chi connectivity index (χ2v) is 5.10. The molecule has 17 heavy (non-hydrogen) atoms. The lowest BCUT2D eigenvalue weighted by atomic mass is 9.72. The molecule has 1 aliphatic rings. The molecule has 0 radical (unpaired) electrons. The third kappa shape index (κ3) is 2.70. The molecule has 0 aliphatic heterocycles. The van der Waals surface area contributed by atoms with Crippen LogP contribution in [0.3, 0.4) is 0 Å².